The summed E-state index contributed by atoms with van der Waals surface area (Å²) in [6.45, 7) is 7.22. The SMILES string of the molecule is CCCCCC(=O)OC(CC)(CC)C(O)(CC)CO. The Kier molecular flexibility index (Phi) is 8.26. The third-order valence-electron chi connectivity index (χ3n) is 4.13. The van der Waals surface area contributed by atoms with Crippen molar-refractivity contribution in [2.75, 3.05) is 6.61 Å². The summed E-state index contributed by atoms with van der Waals surface area (Å²) in [5.41, 5.74) is -2.35. The van der Waals surface area contributed by atoms with Gasteiger partial charge in [-0.05, 0) is 25.7 Å². The van der Waals surface area contributed by atoms with E-state index < -0.39 is 17.8 Å². The van der Waals surface area contributed by atoms with E-state index in [1.165, 1.54) is 0 Å². The molecule has 0 rings (SSSR count). The van der Waals surface area contributed by atoms with Crippen LogP contribution >= 0.6 is 0 Å². The molecule has 1 unspecified atom stereocenters. The molecule has 0 saturated heterocycles. The van der Waals surface area contributed by atoms with Crippen LogP contribution in [0.3, 0.4) is 0 Å². The Morgan fingerprint density at radius 3 is 2.00 bits per heavy atom. The van der Waals surface area contributed by atoms with Crippen molar-refractivity contribution in [2.24, 2.45) is 0 Å². The molecule has 19 heavy (non-hydrogen) atoms. The molecule has 0 fully saturated rings. The van der Waals surface area contributed by atoms with E-state index in [1.807, 2.05) is 13.8 Å². The second-order valence-corrected chi connectivity index (χ2v) is 5.18. The molecule has 0 aliphatic rings. The molecule has 0 bridgehead atoms. The Morgan fingerprint density at radius 2 is 1.63 bits per heavy atom. The van der Waals surface area contributed by atoms with Gasteiger partial charge in [0.25, 0.3) is 0 Å². The van der Waals surface area contributed by atoms with Gasteiger partial charge in [0.2, 0.25) is 0 Å². The smallest absolute Gasteiger partial charge is 0.306 e. The molecule has 114 valence electrons. The van der Waals surface area contributed by atoms with Gasteiger partial charge in [-0.2, -0.15) is 0 Å². The lowest BCUT2D eigenvalue weighted by atomic mass is 9.77. The highest BCUT2D eigenvalue weighted by atomic mass is 16.6. The number of ether oxygens (including phenoxy) is 1. The molecule has 2 N–H and O–H groups in total. The Labute approximate surface area is 117 Å². The minimum Gasteiger partial charge on any atom is -0.456 e. The van der Waals surface area contributed by atoms with Gasteiger partial charge in [-0.15, -0.1) is 0 Å². The van der Waals surface area contributed by atoms with Gasteiger partial charge in [-0.25, -0.2) is 0 Å². The zero-order chi connectivity index (χ0) is 14.9. The molecular formula is C15H30O4. The van der Waals surface area contributed by atoms with Crippen LogP contribution in [0.4, 0.5) is 0 Å². The predicted octanol–water partition coefficient (Wildman–Crippen LogP) is 2.80. The van der Waals surface area contributed by atoms with E-state index in [9.17, 15) is 15.0 Å². The van der Waals surface area contributed by atoms with Crippen molar-refractivity contribution in [3.05, 3.63) is 0 Å². The molecule has 0 aromatic heterocycles. The van der Waals surface area contributed by atoms with Crippen LogP contribution < -0.4 is 0 Å². The van der Waals surface area contributed by atoms with Crippen LogP contribution in [0.15, 0.2) is 0 Å². The van der Waals surface area contributed by atoms with Crippen LogP contribution in [0.25, 0.3) is 0 Å². The minimum absolute atomic E-state index is 0.280. The van der Waals surface area contributed by atoms with Crippen molar-refractivity contribution >= 4 is 5.97 Å². The molecular weight excluding hydrogens is 244 g/mol. The number of carbonyl (C=O) groups excluding carboxylic acids is 1. The van der Waals surface area contributed by atoms with Crippen molar-refractivity contribution in [2.45, 2.75) is 83.8 Å². The fraction of sp³-hybridized carbons (Fsp3) is 0.933. The topological polar surface area (TPSA) is 66.8 Å². The molecule has 0 radical (unpaired) electrons. The first-order chi connectivity index (χ1) is 8.95. The molecule has 0 aromatic rings. The average molecular weight is 274 g/mol. The number of aliphatic hydroxyl groups excluding tert-OH is 1. The Hall–Kier alpha value is -0.610. The van der Waals surface area contributed by atoms with Gasteiger partial charge in [0.1, 0.15) is 11.2 Å². The Morgan fingerprint density at radius 1 is 1.05 bits per heavy atom. The molecule has 0 heterocycles. The molecule has 4 heteroatoms. The second kappa shape index (κ2) is 8.54. The number of aliphatic hydroxyl groups is 2. The normalized spacial score (nSPS) is 15.1. The lowest BCUT2D eigenvalue weighted by Crippen LogP contribution is -2.58. The fourth-order valence-electron chi connectivity index (χ4n) is 2.51. The van der Waals surface area contributed by atoms with Crippen molar-refractivity contribution < 1.29 is 19.7 Å². The van der Waals surface area contributed by atoms with E-state index in [0.717, 1.165) is 19.3 Å². The largest absolute Gasteiger partial charge is 0.456 e. The Balaban J connectivity index is 4.84. The molecule has 0 amide bonds. The van der Waals surface area contributed by atoms with E-state index in [1.54, 1.807) is 6.92 Å². The van der Waals surface area contributed by atoms with Gasteiger partial charge in [0.05, 0.1) is 6.61 Å². The van der Waals surface area contributed by atoms with E-state index in [-0.39, 0.29) is 5.97 Å². The van der Waals surface area contributed by atoms with Crippen LogP contribution in [0.5, 0.6) is 0 Å². The molecule has 0 aliphatic heterocycles. The highest BCUT2D eigenvalue weighted by Gasteiger charge is 2.49. The standard InChI is InChI=1S/C15H30O4/c1-5-9-10-11-13(17)19-15(7-3,8-4)14(18,6-2)12-16/h16,18H,5-12H2,1-4H3. The van der Waals surface area contributed by atoms with Gasteiger partial charge in [0, 0.05) is 6.42 Å². The zero-order valence-corrected chi connectivity index (χ0v) is 12.9. The number of hydrogen-bond acceptors (Lipinski definition) is 4. The summed E-state index contributed by atoms with van der Waals surface area (Å²) in [7, 11) is 0. The summed E-state index contributed by atoms with van der Waals surface area (Å²) >= 11 is 0. The lowest BCUT2D eigenvalue weighted by Gasteiger charge is -2.44. The third kappa shape index (κ3) is 4.46. The van der Waals surface area contributed by atoms with Gasteiger partial charge in [0.15, 0.2) is 0 Å². The van der Waals surface area contributed by atoms with Gasteiger partial charge in [-0.1, -0.05) is 40.5 Å². The first kappa shape index (κ1) is 18.4. The van der Waals surface area contributed by atoms with Crippen LogP contribution in [0.2, 0.25) is 0 Å². The van der Waals surface area contributed by atoms with Crippen LogP contribution in [-0.4, -0.2) is 34.0 Å². The summed E-state index contributed by atoms with van der Waals surface area (Å²) < 4.78 is 5.58. The second-order valence-electron chi connectivity index (χ2n) is 5.18. The summed E-state index contributed by atoms with van der Waals surface area (Å²) in [6.07, 6.45) is 4.58. The summed E-state index contributed by atoms with van der Waals surface area (Å²) in [6, 6.07) is 0. The first-order valence-corrected chi connectivity index (χ1v) is 7.50. The maximum Gasteiger partial charge on any atom is 0.306 e. The van der Waals surface area contributed by atoms with Crippen LogP contribution in [0.1, 0.15) is 72.6 Å². The van der Waals surface area contributed by atoms with Gasteiger partial charge >= 0.3 is 5.97 Å². The van der Waals surface area contributed by atoms with E-state index in [4.69, 9.17) is 4.74 Å². The number of unbranched alkanes of at least 4 members (excludes halogenated alkanes) is 2. The zero-order valence-electron chi connectivity index (χ0n) is 12.9. The third-order valence-corrected chi connectivity index (χ3v) is 4.13. The highest BCUT2D eigenvalue weighted by molar-refractivity contribution is 5.70. The summed E-state index contributed by atoms with van der Waals surface area (Å²) in [5, 5.41) is 20.0. The Bertz CT molecular complexity index is 255. The molecule has 1 atom stereocenters. The average Bonchev–Trinajstić information content (AvgIpc) is 2.44. The van der Waals surface area contributed by atoms with Crippen molar-refractivity contribution in [3.63, 3.8) is 0 Å². The lowest BCUT2D eigenvalue weighted by molar-refractivity contribution is -0.210. The molecule has 0 saturated carbocycles. The van der Waals surface area contributed by atoms with E-state index in [0.29, 0.717) is 25.7 Å². The molecule has 0 aromatic carbocycles. The fourth-order valence-corrected chi connectivity index (χ4v) is 2.51. The van der Waals surface area contributed by atoms with Gasteiger partial charge in [-0.3, -0.25) is 4.79 Å². The van der Waals surface area contributed by atoms with Crippen LogP contribution in [-0.2, 0) is 9.53 Å². The molecule has 0 aliphatic carbocycles. The maximum absolute atomic E-state index is 11.9. The number of rotatable bonds is 10. The minimum atomic E-state index is -1.36. The maximum atomic E-state index is 11.9. The quantitative estimate of drug-likeness (QED) is 0.475. The number of carbonyl (C=O) groups is 1. The molecule has 4 nitrogen and oxygen atoms in total. The first-order valence-electron chi connectivity index (χ1n) is 7.50. The summed E-state index contributed by atoms with van der Waals surface area (Å²) in [4.78, 5) is 11.9. The molecule has 0 spiro atoms. The number of hydrogen-bond donors (Lipinski definition) is 2. The van der Waals surface area contributed by atoms with Crippen molar-refractivity contribution in [3.8, 4) is 0 Å². The highest BCUT2D eigenvalue weighted by Crippen LogP contribution is 2.36. The van der Waals surface area contributed by atoms with E-state index >= 15 is 0 Å². The van der Waals surface area contributed by atoms with Crippen molar-refractivity contribution in [1.82, 2.24) is 0 Å². The van der Waals surface area contributed by atoms with Crippen molar-refractivity contribution in [1.29, 1.82) is 0 Å². The van der Waals surface area contributed by atoms with Gasteiger partial charge < -0.3 is 14.9 Å². The van der Waals surface area contributed by atoms with E-state index in [2.05, 4.69) is 6.92 Å². The number of esters is 1. The van der Waals surface area contributed by atoms with Crippen LogP contribution in [0, 0.1) is 0 Å². The monoisotopic (exact) mass is 274 g/mol. The predicted molar refractivity (Wildman–Crippen MR) is 75.9 cm³/mol. The summed E-state index contributed by atoms with van der Waals surface area (Å²) in [5.74, 6) is -0.280.